The number of nitrogens with two attached hydrogens (primary N) is 1. The monoisotopic (exact) mass is 261 g/mol. The molecule has 0 aliphatic heterocycles. The van der Waals surface area contributed by atoms with Crippen LogP contribution < -0.4 is 10.6 Å². The van der Waals surface area contributed by atoms with Crippen molar-refractivity contribution in [1.82, 2.24) is 4.98 Å². The van der Waals surface area contributed by atoms with E-state index in [2.05, 4.69) is 4.98 Å². The van der Waals surface area contributed by atoms with Crippen molar-refractivity contribution in [3.8, 4) is 6.07 Å². The fourth-order valence-corrected chi connectivity index (χ4v) is 2.22. The number of hydrogen-bond acceptors (Lipinski definition) is 6. The van der Waals surface area contributed by atoms with E-state index in [-0.39, 0.29) is 23.1 Å². The van der Waals surface area contributed by atoms with Gasteiger partial charge in [-0.1, -0.05) is 0 Å². The van der Waals surface area contributed by atoms with E-state index in [1.54, 1.807) is 11.9 Å². The van der Waals surface area contributed by atoms with Gasteiger partial charge in [0.25, 0.3) is 0 Å². The number of aromatic nitrogens is 1. The molecule has 19 heavy (non-hydrogen) atoms. The number of nitro groups is 1. The Morgan fingerprint density at radius 1 is 1.74 bits per heavy atom. The highest BCUT2D eigenvalue weighted by molar-refractivity contribution is 5.60. The summed E-state index contributed by atoms with van der Waals surface area (Å²) in [5.41, 5.74) is 5.77. The Bertz CT molecular complexity index is 535. The van der Waals surface area contributed by atoms with E-state index in [0.29, 0.717) is 12.5 Å². The van der Waals surface area contributed by atoms with Gasteiger partial charge in [0.15, 0.2) is 0 Å². The fourth-order valence-electron chi connectivity index (χ4n) is 2.22. The maximum Gasteiger partial charge on any atom is 0.312 e. The maximum absolute atomic E-state index is 11.1. The Kier molecular flexibility index (Phi) is 3.62. The zero-order chi connectivity index (χ0) is 14.0. The molecule has 0 bridgehead atoms. The molecule has 1 fully saturated rings. The molecule has 1 unspecified atom stereocenters. The van der Waals surface area contributed by atoms with Gasteiger partial charge in [-0.15, -0.1) is 0 Å². The molecule has 0 saturated heterocycles. The van der Waals surface area contributed by atoms with E-state index in [0.717, 1.165) is 12.8 Å². The number of anilines is 1. The number of rotatable bonds is 5. The summed E-state index contributed by atoms with van der Waals surface area (Å²) in [5.74, 6) is 0.749. The van der Waals surface area contributed by atoms with Gasteiger partial charge in [-0.2, -0.15) is 5.26 Å². The normalized spacial score (nSPS) is 15.6. The van der Waals surface area contributed by atoms with Gasteiger partial charge in [-0.3, -0.25) is 10.1 Å². The van der Waals surface area contributed by atoms with Gasteiger partial charge in [0.2, 0.25) is 5.82 Å². The lowest BCUT2D eigenvalue weighted by molar-refractivity contribution is -0.384. The molecule has 2 rings (SSSR count). The summed E-state index contributed by atoms with van der Waals surface area (Å²) in [6, 6.07) is 3.16. The van der Waals surface area contributed by atoms with Crippen molar-refractivity contribution < 1.29 is 4.92 Å². The molecule has 100 valence electrons. The predicted octanol–water partition coefficient (Wildman–Crippen LogP) is 1.03. The average Bonchev–Trinajstić information content (AvgIpc) is 3.23. The Balaban J connectivity index is 2.37. The van der Waals surface area contributed by atoms with E-state index in [1.807, 2.05) is 6.07 Å². The third-order valence-electron chi connectivity index (χ3n) is 3.41. The van der Waals surface area contributed by atoms with Crippen molar-refractivity contribution >= 4 is 11.5 Å². The zero-order valence-corrected chi connectivity index (χ0v) is 10.6. The van der Waals surface area contributed by atoms with Crippen LogP contribution in [0.5, 0.6) is 0 Å². The van der Waals surface area contributed by atoms with Crippen LogP contribution in [0.25, 0.3) is 0 Å². The SMILES string of the molecule is CN(c1ncc(C#N)cc1[N+](=O)[O-])C(CN)C1CC1. The van der Waals surface area contributed by atoms with Crippen LogP contribution in [0.1, 0.15) is 18.4 Å². The number of nitriles is 1. The Labute approximate surface area is 110 Å². The van der Waals surface area contributed by atoms with Crippen molar-refractivity contribution in [2.45, 2.75) is 18.9 Å². The molecule has 1 aliphatic rings. The largest absolute Gasteiger partial charge is 0.349 e. The molecule has 0 amide bonds. The Morgan fingerprint density at radius 2 is 2.42 bits per heavy atom. The number of hydrogen-bond donors (Lipinski definition) is 1. The fraction of sp³-hybridized carbons (Fsp3) is 0.500. The van der Waals surface area contributed by atoms with Gasteiger partial charge >= 0.3 is 5.69 Å². The lowest BCUT2D eigenvalue weighted by atomic mass is 10.1. The molecule has 1 aromatic rings. The average molecular weight is 261 g/mol. The van der Waals surface area contributed by atoms with Gasteiger partial charge in [0, 0.05) is 31.9 Å². The molecular formula is C12H15N5O2. The molecule has 2 N–H and O–H groups in total. The van der Waals surface area contributed by atoms with Crippen LogP contribution in [0.15, 0.2) is 12.3 Å². The minimum Gasteiger partial charge on any atom is -0.349 e. The van der Waals surface area contributed by atoms with Gasteiger partial charge < -0.3 is 10.6 Å². The molecule has 1 aliphatic carbocycles. The summed E-state index contributed by atoms with van der Waals surface area (Å²) >= 11 is 0. The van der Waals surface area contributed by atoms with Crippen molar-refractivity contribution in [1.29, 1.82) is 5.26 Å². The summed E-state index contributed by atoms with van der Waals surface area (Å²) in [5, 5.41) is 19.9. The number of pyridine rings is 1. The topological polar surface area (TPSA) is 109 Å². The van der Waals surface area contributed by atoms with E-state index in [1.165, 1.54) is 12.3 Å². The number of nitrogens with zero attached hydrogens (tertiary/aromatic N) is 4. The van der Waals surface area contributed by atoms with Crippen LogP contribution in [-0.4, -0.2) is 29.5 Å². The highest BCUT2D eigenvalue weighted by Crippen LogP contribution is 2.37. The van der Waals surface area contributed by atoms with Crippen LogP contribution in [0.3, 0.4) is 0 Å². The lowest BCUT2D eigenvalue weighted by Crippen LogP contribution is -2.40. The zero-order valence-electron chi connectivity index (χ0n) is 10.6. The van der Waals surface area contributed by atoms with Gasteiger partial charge in [0.1, 0.15) is 6.07 Å². The third kappa shape index (κ3) is 2.63. The number of likely N-dealkylation sites (N-methyl/N-ethyl adjacent to an activating group) is 1. The lowest BCUT2D eigenvalue weighted by Gasteiger charge is -2.27. The highest BCUT2D eigenvalue weighted by atomic mass is 16.6. The maximum atomic E-state index is 11.1. The van der Waals surface area contributed by atoms with Crippen molar-refractivity contribution in [3.05, 3.63) is 27.9 Å². The van der Waals surface area contributed by atoms with Crippen molar-refractivity contribution in [2.24, 2.45) is 11.7 Å². The molecule has 7 nitrogen and oxygen atoms in total. The van der Waals surface area contributed by atoms with Crippen LogP contribution in [0.2, 0.25) is 0 Å². The molecule has 0 spiro atoms. The minimum atomic E-state index is -0.514. The summed E-state index contributed by atoms with van der Waals surface area (Å²) < 4.78 is 0. The van der Waals surface area contributed by atoms with Gasteiger partial charge in [-0.05, 0) is 18.8 Å². The van der Waals surface area contributed by atoms with Crippen molar-refractivity contribution in [2.75, 3.05) is 18.5 Å². The predicted molar refractivity (Wildman–Crippen MR) is 69.6 cm³/mol. The second kappa shape index (κ2) is 5.20. The molecule has 1 atom stereocenters. The Hall–Kier alpha value is -2.20. The van der Waals surface area contributed by atoms with Crippen molar-refractivity contribution in [3.63, 3.8) is 0 Å². The smallest absolute Gasteiger partial charge is 0.312 e. The van der Waals surface area contributed by atoms with Gasteiger partial charge in [-0.25, -0.2) is 4.98 Å². The van der Waals surface area contributed by atoms with E-state index < -0.39 is 4.92 Å². The molecule has 7 heteroatoms. The van der Waals surface area contributed by atoms with E-state index >= 15 is 0 Å². The van der Waals surface area contributed by atoms with Gasteiger partial charge in [0.05, 0.1) is 10.5 Å². The molecule has 0 aromatic carbocycles. The first-order chi connectivity index (χ1) is 9.08. The summed E-state index contributed by atoms with van der Waals surface area (Å²) in [6.45, 7) is 0.431. The minimum absolute atomic E-state index is 0.0548. The molecular weight excluding hydrogens is 246 g/mol. The molecule has 1 aromatic heterocycles. The first-order valence-corrected chi connectivity index (χ1v) is 6.06. The quantitative estimate of drug-likeness (QED) is 0.626. The van der Waals surface area contributed by atoms with Crippen LogP contribution >= 0.6 is 0 Å². The van der Waals surface area contributed by atoms with Crippen LogP contribution in [-0.2, 0) is 0 Å². The third-order valence-corrected chi connectivity index (χ3v) is 3.41. The van der Waals surface area contributed by atoms with E-state index in [4.69, 9.17) is 11.0 Å². The van der Waals surface area contributed by atoms with Crippen LogP contribution in [0, 0.1) is 27.4 Å². The summed E-state index contributed by atoms with van der Waals surface area (Å²) in [4.78, 5) is 16.4. The molecule has 0 radical (unpaired) electrons. The van der Waals surface area contributed by atoms with E-state index in [9.17, 15) is 10.1 Å². The van der Waals surface area contributed by atoms with Crippen LogP contribution in [0.4, 0.5) is 11.5 Å². The first-order valence-electron chi connectivity index (χ1n) is 6.06. The standard InChI is InChI=1S/C12H15N5O2/c1-16(11(6-14)9-2-3-9)12-10(17(18)19)4-8(5-13)7-15-12/h4,7,9,11H,2-3,6,14H2,1H3. The summed E-state index contributed by atoms with van der Waals surface area (Å²) in [7, 11) is 1.76. The highest BCUT2D eigenvalue weighted by Gasteiger charge is 2.35. The summed E-state index contributed by atoms with van der Waals surface area (Å²) in [6.07, 6.45) is 3.53. The second-order valence-corrected chi connectivity index (χ2v) is 4.69. The molecule has 1 heterocycles. The molecule has 1 saturated carbocycles. The second-order valence-electron chi connectivity index (χ2n) is 4.69. The Morgan fingerprint density at radius 3 is 2.89 bits per heavy atom. The first kappa shape index (κ1) is 13.2.